The number of fused-ring (bicyclic) bond motifs is 10. The van der Waals surface area contributed by atoms with E-state index in [1.54, 1.807) is 0 Å². The summed E-state index contributed by atoms with van der Waals surface area (Å²) in [5, 5.41) is 5.90. The fraction of sp³-hybridized carbons (Fsp3) is 0. The predicted octanol–water partition coefficient (Wildman–Crippen LogP) is 11.9. The Bertz CT molecular complexity index is 3120. The van der Waals surface area contributed by atoms with E-state index in [1.165, 1.54) is 38.1 Å². The molecule has 0 fully saturated rings. The van der Waals surface area contributed by atoms with Crippen molar-refractivity contribution >= 4 is 65.7 Å². The van der Waals surface area contributed by atoms with Crippen molar-refractivity contribution in [3.8, 4) is 34.0 Å². The molecule has 11 rings (SSSR count). The van der Waals surface area contributed by atoms with Crippen LogP contribution in [0, 0.1) is 0 Å². The minimum atomic E-state index is 0.662. The van der Waals surface area contributed by atoms with Gasteiger partial charge in [0, 0.05) is 49.4 Å². The lowest BCUT2D eigenvalue weighted by atomic mass is 10.1. The van der Waals surface area contributed by atoms with Gasteiger partial charge in [0.05, 0.1) is 22.1 Å². The van der Waals surface area contributed by atoms with Gasteiger partial charge in [0.15, 0.2) is 11.4 Å². The number of furan rings is 1. The van der Waals surface area contributed by atoms with Gasteiger partial charge in [-0.05, 0) is 66.7 Å². The molecule has 0 aliphatic carbocycles. The smallest absolute Gasteiger partial charge is 0.180 e. The normalized spacial score (nSPS) is 11.9. The fourth-order valence-corrected chi connectivity index (χ4v) is 7.90. The van der Waals surface area contributed by atoms with Crippen molar-refractivity contribution < 1.29 is 4.42 Å². The van der Waals surface area contributed by atoms with Crippen molar-refractivity contribution in [2.24, 2.45) is 0 Å². The van der Waals surface area contributed by atoms with Crippen LogP contribution in [0.25, 0.3) is 99.7 Å². The van der Waals surface area contributed by atoms with E-state index in [9.17, 15) is 0 Å². The topological polar surface area (TPSA) is 48.8 Å². The monoisotopic (exact) mass is 652 g/mol. The quantitative estimate of drug-likeness (QED) is 0.190. The summed E-state index contributed by atoms with van der Waals surface area (Å²) < 4.78 is 11.1. The average molecular weight is 653 g/mol. The van der Waals surface area contributed by atoms with Crippen LogP contribution in [-0.2, 0) is 0 Å². The summed E-state index contributed by atoms with van der Waals surface area (Å²) in [6, 6.07) is 59.6. The second-order valence-electron chi connectivity index (χ2n) is 13.0. The Balaban J connectivity index is 1.15. The Kier molecular flexibility index (Phi) is 5.89. The maximum atomic E-state index is 6.34. The summed E-state index contributed by atoms with van der Waals surface area (Å²) >= 11 is 0. The van der Waals surface area contributed by atoms with E-state index >= 15 is 0 Å². The predicted molar refractivity (Wildman–Crippen MR) is 209 cm³/mol. The fourth-order valence-electron chi connectivity index (χ4n) is 7.90. The Morgan fingerprint density at radius 3 is 1.82 bits per heavy atom. The third-order valence-electron chi connectivity index (χ3n) is 10.1. The van der Waals surface area contributed by atoms with Crippen molar-refractivity contribution in [3.63, 3.8) is 0 Å². The third kappa shape index (κ3) is 4.09. The molecule has 0 spiro atoms. The largest absolute Gasteiger partial charge is 0.452 e. The van der Waals surface area contributed by atoms with Gasteiger partial charge in [0.1, 0.15) is 16.8 Å². The maximum Gasteiger partial charge on any atom is 0.180 e. The van der Waals surface area contributed by atoms with Gasteiger partial charge in [-0.3, -0.25) is 0 Å². The van der Waals surface area contributed by atoms with Gasteiger partial charge in [-0.25, -0.2) is 9.97 Å². The van der Waals surface area contributed by atoms with Crippen LogP contribution in [0.5, 0.6) is 0 Å². The number of hydrogen-bond acceptors (Lipinski definition) is 3. The molecule has 11 aromatic rings. The SMILES string of the molecule is c1ccc(-c2nc(-c3ccc(-n4c5ccccc5c5ccc6c(c7ccccc7n6-c6ccccc6)c54)cc3)nc3c2oc2ccccc23)cc1. The van der Waals surface area contributed by atoms with Crippen molar-refractivity contribution in [2.45, 2.75) is 0 Å². The first-order chi connectivity index (χ1) is 25.3. The number of nitrogens with zero attached hydrogens (tertiary/aromatic N) is 4. The lowest BCUT2D eigenvalue weighted by Gasteiger charge is -2.11. The molecule has 51 heavy (non-hydrogen) atoms. The molecule has 0 radical (unpaired) electrons. The highest BCUT2D eigenvalue weighted by Gasteiger charge is 2.22. The van der Waals surface area contributed by atoms with E-state index in [4.69, 9.17) is 14.4 Å². The molecular weight excluding hydrogens is 625 g/mol. The molecule has 0 bridgehead atoms. The van der Waals surface area contributed by atoms with Crippen molar-refractivity contribution in [3.05, 3.63) is 170 Å². The third-order valence-corrected chi connectivity index (χ3v) is 10.1. The van der Waals surface area contributed by atoms with Gasteiger partial charge < -0.3 is 13.6 Å². The van der Waals surface area contributed by atoms with Crippen molar-refractivity contribution in [2.75, 3.05) is 0 Å². The lowest BCUT2D eigenvalue weighted by molar-refractivity contribution is 0.667. The average Bonchev–Trinajstić information content (AvgIpc) is 3.86. The maximum absolute atomic E-state index is 6.34. The van der Waals surface area contributed by atoms with Gasteiger partial charge >= 0.3 is 0 Å². The second-order valence-corrected chi connectivity index (χ2v) is 13.0. The van der Waals surface area contributed by atoms with Crippen molar-refractivity contribution in [1.82, 2.24) is 19.1 Å². The molecule has 7 aromatic carbocycles. The molecule has 0 aliphatic rings. The molecule has 0 atom stereocenters. The van der Waals surface area contributed by atoms with Crippen LogP contribution in [0.15, 0.2) is 174 Å². The molecule has 0 saturated carbocycles. The standard InChI is InChI=1S/C46H28N4O/c1-3-13-29(14-4-1)42-45-43(36-19-9-12-22-40(36)51-45)48-46(47-42)30-23-25-32(26-24-30)50-37-20-10-7-17-33(37)34-27-28-39-41(44(34)50)35-18-8-11-21-38(35)49(39)31-15-5-2-6-16-31/h1-28H. The Labute approximate surface area is 292 Å². The zero-order chi connectivity index (χ0) is 33.5. The summed E-state index contributed by atoms with van der Waals surface area (Å²) in [5.74, 6) is 0.662. The molecule has 5 nitrogen and oxygen atoms in total. The Morgan fingerprint density at radius 2 is 1.04 bits per heavy atom. The second kappa shape index (κ2) is 10.8. The molecule has 0 unspecified atom stereocenters. The van der Waals surface area contributed by atoms with E-state index in [1.807, 2.05) is 36.4 Å². The van der Waals surface area contributed by atoms with Gasteiger partial charge in [0.25, 0.3) is 0 Å². The number of hydrogen-bond donors (Lipinski definition) is 0. The van der Waals surface area contributed by atoms with E-state index in [0.29, 0.717) is 11.4 Å². The minimum Gasteiger partial charge on any atom is -0.452 e. The van der Waals surface area contributed by atoms with Gasteiger partial charge in [-0.2, -0.15) is 0 Å². The van der Waals surface area contributed by atoms with Crippen LogP contribution in [0.4, 0.5) is 0 Å². The summed E-state index contributed by atoms with van der Waals surface area (Å²) in [6.07, 6.45) is 0. The Morgan fingerprint density at radius 1 is 0.412 bits per heavy atom. The molecule has 0 saturated heterocycles. The molecule has 0 aliphatic heterocycles. The molecule has 0 N–H and O–H groups in total. The number of aromatic nitrogens is 4. The van der Waals surface area contributed by atoms with Crippen LogP contribution in [-0.4, -0.2) is 19.1 Å². The first kappa shape index (κ1) is 27.9. The number of para-hydroxylation sites is 4. The Hall–Kier alpha value is -6.98. The van der Waals surface area contributed by atoms with Crippen LogP contribution < -0.4 is 0 Å². The molecule has 4 aromatic heterocycles. The zero-order valence-corrected chi connectivity index (χ0v) is 27.4. The zero-order valence-electron chi connectivity index (χ0n) is 27.4. The summed E-state index contributed by atoms with van der Waals surface area (Å²) in [5.41, 5.74) is 12.0. The van der Waals surface area contributed by atoms with Crippen LogP contribution >= 0.6 is 0 Å². The molecule has 5 heteroatoms. The van der Waals surface area contributed by atoms with E-state index in [-0.39, 0.29) is 0 Å². The molecule has 4 heterocycles. The highest BCUT2D eigenvalue weighted by Crippen LogP contribution is 2.42. The summed E-state index contributed by atoms with van der Waals surface area (Å²) in [7, 11) is 0. The first-order valence-electron chi connectivity index (χ1n) is 17.2. The first-order valence-corrected chi connectivity index (χ1v) is 17.2. The minimum absolute atomic E-state index is 0.662. The molecule has 238 valence electrons. The molecule has 0 amide bonds. The number of benzene rings is 7. The highest BCUT2D eigenvalue weighted by atomic mass is 16.3. The van der Waals surface area contributed by atoms with E-state index in [2.05, 4.69) is 143 Å². The summed E-state index contributed by atoms with van der Waals surface area (Å²) in [6.45, 7) is 0. The van der Waals surface area contributed by atoms with Crippen LogP contribution in [0.2, 0.25) is 0 Å². The van der Waals surface area contributed by atoms with E-state index in [0.717, 1.165) is 50.2 Å². The van der Waals surface area contributed by atoms with Gasteiger partial charge in [-0.15, -0.1) is 0 Å². The number of rotatable bonds is 4. The van der Waals surface area contributed by atoms with Gasteiger partial charge in [0.2, 0.25) is 0 Å². The van der Waals surface area contributed by atoms with Crippen molar-refractivity contribution in [1.29, 1.82) is 0 Å². The van der Waals surface area contributed by atoms with Crippen LogP contribution in [0.1, 0.15) is 0 Å². The highest BCUT2D eigenvalue weighted by molar-refractivity contribution is 6.26. The molecular formula is C46H28N4O. The van der Waals surface area contributed by atoms with E-state index < -0.39 is 0 Å². The summed E-state index contributed by atoms with van der Waals surface area (Å²) in [4.78, 5) is 10.2. The van der Waals surface area contributed by atoms with Gasteiger partial charge in [-0.1, -0.05) is 103 Å². The lowest BCUT2D eigenvalue weighted by Crippen LogP contribution is -1.97. The van der Waals surface area contributed by atoms with Crippen LogP contribution in [0.3, 0.4) is 0 Å².